The van der Waals surface area contributed by atoms with Gasteiger partial charge in [-0.2, -0.15) is 0 Å². The standard InChI is InChI=1S/C15H31N3/c1-13-12-14(8-11-17(13)2)16-9-7-15-6-4-5-10-18(15)3/h13-16H,4-12H2,1-3H3. The Hall–Kier alpha value is -0.120. The topological polar surface area (TPSA) is 18.5 Å². The summed E-state index contributed by atoms with van der Waals surface area (Å²) in [7, 11) is 4.54. The van der Waals surface area contributed by atoms with Crippen LogP contribution in [0, 0.1) is 0 Å². The molecule has 0 aliphatic carbocycles. The van der Waals surface area contributed by atoms with Crippen LogP contribution in [0.5, 0.6) is 0 Å². The van der Waals surface area contributed by atoms with Gasteiger partial charge in [-0.25, -0.2) is 0 Å². The molecule has 3 heteroatoms. The van der Waals surface area contributed by atoms with Crippen molar-refractivity contribution in [1.29, 1.82) is 0 Å². The molecule has 0 aromatic carbocycles. The van der Waals surface area contributed by atoms with E-state index in [1.807, 2.05) is 0 Å². The average molecular weight is 253 g/mol. The third kappa shape index (κ3) is 3.94. The van der Waals surface area contributed by atoms with Crippen LogP contribution >= 0.6 is 0 Å². The summed E-state index contributed by atoms with van der Waals surface area (Å²) in [5.41, 5.74) is 0. The number of nitrogens with one attached hydrogen (secondary N) is 1. The van der Waals surface area contributed by atoms with E-state index in [9.17, 15) is 0 Å². The van der Waals surface area contributed by atoms with Gasteiger partial charge in [0.25, 0.3) is 0 Å². The molecular formula is C15H31N3. The lowest BCUT2D eigenvalue weighted by Crippen LogP contribution is -2.46. The third-order valence-electron chi connectivity index (χ3n) is 5.04. The van der Waals surface area contributed by atoms with Crippen molar-refractivity contribution in [2.75, 3.05) is 33.7 Å². The van der Waals surface area contributed by atoms with Crippen molar-refractivity contribution >= 4 is 0 Å². The molecule has 3 unspecified atom stereocenters. The molecule has 2 aliphatic rings. The van der Waals surface area contributed by atoms with Crippen LogP contribution in [0.2, 0.25) is 0 Å². The van der Waals surface area contributed by atoms with Gasteiger partial charge in [0.2, 0.25) is 0 Å². The fraction of sp³-hybridized carbons (Fsp3) is 1.00. The molecular weight excluding hydrogens is 222 g/mol. The molecule has 0 bridgehead atoms. The first-order valence-corrected chi connectivity index (χ1v) is 7.80. The van der Waals surface area contributed by atoms with Crippen LogP contribution < -0.4 is 5.32 Å². The van der Waals surface area contributed by atoms with E-state index in [4.69, 9.17) is 0 Å². The fourth-order valence-corrected chi connectivity index (χ4v) is 3.44. The summed E-state index contributed by atoms with van der Waals surface area (Å²) in [5, 5.41) is 3.79. The summed E-state index contributed by atoms with van der Waals surface area (Å²) >= 11 is 0. The second kappa shape index (κ2) is 6.88. The van der Waals surface area contributed by atoms with Gasteiger partial charge in [0.1, 0.15) is 0 Å². The van der Waals surface area contributed by atoms with E-state index in [1.54, 1.807) is 0 Å². The van der Waals surface area contributed by atoms with Crippen LogP contribution in [0.25, 0.3) is 0 Å². The summed E-state index contributed by atoms with van der Waals surface area (Å²) in [6, 6.07) is 2.33. The number of hydrogen-bond donors (Lipinski definition) is 1. The SMILES string of the molecule is CC1CC(NCCC2CCCCN2C)CCN1C. The highest BCUT2D eigenvalue weighted by molar-refractivity contribution is 4.82. The zero-order valence-corrected chi connectivity index (χ0v) is 12.5. The van der Waals surface area contributed by atoms with Gasteiger partial charge in [0.05, 0.1) is 0 Å². The Balaban J connectivity index is 1.63. The lowest BCUT2D eigenvalue weighted by molar-refractivity contribution is 0.155. The maximum absolute atomic E-state index is 3.79. The molecule has 2 saturated heterocycles. The average Bonchev–Trinajstić information content (AvgIpc) is 2.36. The molecule has 0 saturated carbocycles. The predicted octanol–water partition coefficient (Wildman–Crippen LogP) is 1.93. The second-order valence-electron chi connectivity index (χ2n) is 6.42. The van der Waals surface area contributed by atoms with E-state index in [0.29, 0.717) is 0 Å². The van der Waals surface area contributed by atoms with Gasteiger partial charge in [0, 0.05) is 18.1 Å². The Labute approximate surface area is 113 Å². The highest BCUT2D eigenvalue weighted by Crippen LogP contribution is 2.18. The van der Waals surface area contributed by atoms with Crippen molar-refractivity contribution in [2.24, 2.45) is 0 Å². The summed E-state index contributed by atoms with van der Waals surface area (Å²) in [5.74, 6) is 0. The maximum atomic E-state index is 3.79. The molecule has 2 heterocycles. The van der Waals surface area contributed by atoms with Gasteiger partial charge in [-0.15, -0.1) is 0 Å². The number of hydrogen-bond acceptors (Lipinski definition) is 3. The van der Waals surface area contributed by atoms with Crippen molar-refractivity contribution in [3.63, 3.8) is 0 Å². The normalized spacial score (nSPS) is 35.8. The molecule has 106 valence electrons. The lowest BCUT2D eigenvalue weighted by atomic mass is 9.97. The van der Waals surface area contributed by atoms with Gasteiger partial charge >= 0.3 is 0 Å². The molecule has 2 rings (SSSR count). The molecule has 18 heavy (non-hydrogen) atoms. The van der Waals surface area contributed by atoms with Crippen LogP contribution in [0.1, 0.15) is 45.4 Å². The first-order valence-electron chi connectivity index (χ1n) is 7.80. The molecule has 0 spiro atoms. The molecule has 0 aromatic rings. The highest BCUT2D eigenvalue weighted by atomic mass is 15.2. The van der Waals surface area contributed by atoms with Crippen LogP contribution in [-0.2, 0) is 0 Å². The number of piperidine rings is 2. The molecule has 1 N–H and O–H groups in total. The van der Waals surface area contributed by atoms with Gasteiger partial charge in [0.15, 0.2) is 0 Å². The highest BCUT2D eigenvalue weighted by Gasteiger charge is 2.23. The van der Waals surface area contributed by atoms with Crippen molar-refractivity contribution in [3.05, 3.63) is 0 Å². The summed E-state index contributed by atoms with van der Waals surface area (Å²) in [6.07, 6.45) is 8.20. The first-order chi connectivity index (χ1) is 8.66. The van der Waals surface area contributed by atoms with Crippen LogP contribution in [-0.4, -0.2) is 61.7 Å². The van der Waals surface area contributed by atoms with E-state index < -0.39 is 0 Å². The Morgan fingerprint density at radius 3 is 2.61 bits per heavy atom. The van der Waals surface area contributed by atoms with Crippen LogP contribution in [0.3, 0.4) is 0 Å². The van der Waals surface area contributed by atoms with Crippen molar-refractivity contribution in [1.82, 2.24) is 15.1 Å². The molecule has 2 fully saturated rings. The van der Waals surface area contributed by atoms with E-state index in [-0.39, 0.29) is 0 Å². The Bertz CT molecular complexity index is 244. The van der Waals surface area contributed by atoms with E-state index >= 15 is 0 Å². The fourth-order valence-electron chi connectivity index (χ4n) is 3.44. The van der Waals surface area contributed by atoms with Crippen LogP contribution in [0.4, 0.5) is 0 Å². The molecule has 0 aromatic heterocycles. The van der Waals surface area contributed by atoms with E-state index in [0.717, 1.165) is 18.1 Å². The number of nitrogens with zero attached hydrogens (tertiary/aromatic N) is 2. The quantitative estimate of drug-likeness (QED) is 0.826. The van der Waals surface area contributed by atoms with Gasteiger partial charge in [-0.1, -0.05) is 6.42 Å². The first kappa shape index (κ1) is 14.3. The third-order valence-corrected chi connectivity index (χ3v) is 5.04. The van der Waals surface area contributed by atoms with Crippen LogP contribution in [0.15, 0.2) is 0 Å². The largest absolute Gasteiger partial charge is 0.314 e. The zero-order chi connectivity index (χ0) is 13.0. The minimum absolute atomic E-state index is 0.744. The van der Waals surface area contributed by atoms with Gasteiger partial charge < -0.3 is 15.1 Å². The number of rotatable bonds is 4. The molecule has 0 amide bonds. The predicted molar refractivity (Wildman–Crippen MR) is 78.0 cm³/mol. The smallest absolute Gasteiger partial charge is 0.0104 e. The molecule has 3 atom stereocenters. The Kier molecular flexibility index (Phi) is 5.46. The summed E-state index contributed by atoms with van der Waals surface area (Å²) < 4.78 is 0. The molecule has 3 nitrogen and oxygen atoms in total. The Morgan fingerprint density at radius 1 is 1.06 bits per heavy atom. The second-order valence-corrected chi connectivity index (χ2v) is 6.42. The maximum Gasteiger partial charge on any atom is 0.0104 e. The molecule has 0 radical (unpaired) electrons. The van der Waals surface area contributed by atoms with E-state index in [1.165, 1.54) is 58.2 Å². The Morgan fingerprint density at radius 2 is 1.89 bits per heavy atom. The zero-order valence-electron chi connectivity index (χ0n) is 12.5. The number of likely N-dealkylation sites (tertiary alicyclic amines) is 2. The van der Waals surface area contributed by atoms with Crippen molar-refractivity contribution < 1.29 is 0 Å². The molecule has 2 aliphatic heterocycles. The minimum atomic E-state index is 0.744. The van der Waals surface area contributed by atoms with Gasteiger partial charge in [-0.05, 0) is 72.8 Å². The minimum Gasteiger partial charge on any atom is -0.314 e. The lowest BCUT2D eigenvalue weighted by Gasteiger charge is -2.36. The van der Waals surface area contributed by atoms with Gasteiger partial charge in [-0.3, -0.25) is 0 Å². The van der Waals surface area contributed by atoms with Crippen molar-refractivity contribution in [3.8, 4) is 0 Å². The summed E-state index contributed by atoms with van der Waals surface area (Å²) in [4.78, 5) is 5.04. The monoisotopic (exact) mass is 253 g/mol. The van der Waals surface area contributed by atoms with E-state index in [2.05, 4.69) is 36.1 Å². The van der Waals surface area contributed by atoms with Crippen molar-refractivity contribution in [2.45, 2.75) is 63.6 Å². The summed E-state index contributed by atoms with van der Waals surface area (Å²) in [6.45, 7) is 6.11.